The number of ether oxygens (including phenoxy) is 1. The van der Waals surface area contributed by atoms with Crippen molar-refractivity contribution in [3.63, 3.8) is 0 Å². The molecule has 5 rings (SSSR count). The average molecular weight is 476 g/mol. The Morgan fingerprint density at radius 3 is 2.34 bits per heavy atom. The van der Waals surface area contributed by atoms with E-state index in [4.69, 9.17) is 4.74 Å². The first kappa shape index (κ1) is 22.6. The second-order valence-electron chi connectivity index (χ2n) is 8.56. The molecule has 1 N–H and O–H groups in total. The van der Waals surface area contributed by atoms with Gasteiger partial charge >= 0.3 is 0 Å². The number of carbonyl (C=O) groups excluding carboxylic acids is 2. The molecule has 0 spiro atoms. The molecule has 1 amide bonds. The Morgan fingerprint density at radius 2 is 1.66 bits per heavy atom. The molecule has 1 atom stereocenters. The molecule has 0 aromatic heterocycles. The van der Waals surface area contributed by atoms with Crippen molar-refractivity contribution in [3.8, 4) is 5.75 Å². The molecule has 0 radical (unpaired) electrons. The monoisotopic (exact) mass is 476 g/mol. The maximum atomic E-state index is 13.7. The van der Waals surface area contributed by atoms with E-state index in [-0.39, 0.29) is 17.9 Å². The Bertz CT molecular complexity index is 1340. The molecule has 1 fully saturated rings. The zero-order chi connectivity index (χ0) is 24.7. The summed E-state index contributed by atoms with van der Waals surface area (Å²) >= 11 is 0. The van der Waals surface area contributed by atoms with Crippen LogP contribution in [0.2, 0.25) is 0 Å². The van der Waals surface area contributed by atoms with Gasteiger partial charge in [0, 0.05) is 19.2 Å². The maximum absolute atomic E-state index is 13.7. The molecule has 0 saturated carbocycles. The van der Waals surface area contributed by atoms with Crippen molar-refractivity contribution in [1.29, 1.82) is 0 Å². The van der Waals surface area contributed by atoms with Gasteiger partial charge in [0.15, 0.2) is 0 Å². The van der Waals surface area contributed by atoms with Crippen LogP contribution in [0.3, 0.4) is 0 Å². The van der Waals surface area contributed by atoms with E-state index in [0.29, 0.717) is 35.6 Å². The van der Waals surface area contributed by atoms with E-state index in [2.05, 4.69) is 0 Å². The molecule has 3 aromatic rings. The van der Waals surface area contributed by atoms with Crippen LogP contribution in [0.1, 0.15) is 22.7 Å². The molecule has 3 aromatic carbocycles. The van der Waals surface area contributed by atoms with E-state index < -0.39 is 29.4 Å². The standard InChI is InChI=1S/C27H22F2N2O4/c1-30-12-13-35-22-11-6-18(14-21(22)30)25(32)23-24(17-4-9-20(29)10-5-17)31(27(34)26(23)33)15-16-2-7-19(28)8-3-16/h2-11,14,24,32H,12-13,15H2,1H3/b25-23-. The summed E-state index contributed by atoms with van der Waals surface area (Å²) in [6.45, 7) is 1.20. The highest BCUT2D eigenvalue weighted by Gasteiger charge is 2.46. The molecular formula is C27H22F2N2O4. The van der Waals surface area contributed by atoms with Crippen LogP contribution in [0.5, 0.6) is 5.75 Å². The van der Waals surface area contributed by atoms with Gasteiger partial charge in [0.2, 0.25) is 0 Å². The molecule has 8 heteroatoms. The number of fused-ring (bicyclic) bond motifs is 1. The summed E-state index contributed by atoms with van der Waals surface area (Å²) in [4.78, 5) is 29.6. The van der Waals surface area contributed by atoms with Crippen molar-refractivity contribution in [2.24, 2.45) is 0 Å². The molecule has 0 bridgehead atoms. The Balaban J connectivity index is 1.63. The van der Waals surface area contributed by atoms with E-state index in [1.807, 2.05) is 11.9 Å². The first-order valence-electron chi connectivity index (χ1n) is 11.1. The quantitative estimate of drug-likeness (QED) is 0.343. The minimum absolute atomic E-state index is 0.00441. The number of likely N-dealkylation sites (tertiary alicyclic amines) is 1. The number of Topliss-reactive ketones (excluding diaryl/α,β-unsaturated/α-hetero) is 1. The van der Waals surface area contributed by atoms with Gasteiger partial charge in [0.05, 0.1) is 23.8 Å². The van der Waals surface area contributed by atoms with E-state index in [9.17, 15) is 23.5 Å². The van der Waals surface area contributed by atoms with Crippen molar-refractivity contribution < 1.29 is 28.2 Å². The number of aliphatic hydroxyl groups is 1. The number of halogens is 2. The molecule has 2 aliphatic heterocycles. The fourth-order valence-corrected chi connectivity index (χ4v) is 4.47. The number of rotatable bonds is 4. The third kappa shape index (κ3) is 4.12. The molecule has 1 unspecified atom stereocenters. The highest BCUT2D eigenvalue weighted by molar-refractivity contribution is 6.46. The number of hydrogen-bond donors (Lipinski definition) is 1. The summed E-state index contributed by atoms with van der Waals surface area (Å²) in [7, 11) is 1.89. The lowest BCUT2D eigenvalue weighted by Crippen LogP contribution is -2.29. The molecule has 178 valence electrons. The molecule has 2 heterocycles. The van der Waals surface area contributed by atoms with Crippen LogP contribution in [0.15, 0.2) is 72.3 Å². The van der Waals surface area contributed by atoms with Crippen LogP contribution in [-0.4, -0.2) is 41.9 Å². The Labute approximate surface area is 200 Å². The molecule has 1 saturated heterocycles. The van der Waals surface area contributed by atoms with Gasteiger partial charge in [-0.1, -0.05) is 24.3 Å². The fraction of sp³-hybridized carbons (Fsp3) is 0.185. The number of aliphatic hydroxyl groups excluding tert-OH is 1. The summed E-state index contributed by atoms with van der Waals surface area (Å²) in [5.74, 6) is -2.22. The molecule has 35 heavy (non-hydrogen) atoms. The van der Waals surface area contributed by atoms with Crippen molar-refractivity contribution in [2.75, 3.05) is 25.1 Å². The highest BCUT2D eigenvalue weighted by atomic mass is 19.1. The van der Waals surface area contributed by atoms with E-state index in [0.717, 1.165) is 5.69 Å². The minimum atomic E-state index is -0.953. The molecule has 2 aliphatic rings. The van der Waals surface area contributed by atoms with Gasteiger partial charge in [0.1, 0.15) is 29.8 Å². The third-order valence-corrected chi connectivity index (χ3v) is 6.32. The van der Waals surface area contributed by atoms with Gasteiger partial charge in [-0.3, -0.25) is 9.59 Å². The third-order valence-electron chi connectivity index (χ3n) is 6.32. The largest absolute Gasteiger partial charge is 0.507 e. The van der Waals surface area contributed by atoms with Crippen molar-refractivity contribution >= 4 is 23.1 Å². The number of amides is 1. The number of carbonyl (C=O) groups is 2. The zero-order valence-corrected chi connectivity index (χ0v) is 18.9. The topological polar surface area (TPSA) is 70.1 Å². The Morgan fingerprint density at radius 1 is 1.00 bits per heavy atom. The summed E-state index contributed by atoms with van der Waals surface area (Å²) in [5, 5.41) is 11.3. The van der Waals surface area contributed by atoms with Crippen LogP contribution in [0.4, 0.5) is 14.5 Å². The maximum Gasteiger partial charge on any atom is 0.295 e. The second-order valence-corrected chi connectivity index (χ2v) is 8.56. The number of nitrogens with zero attached hydrogens (tertiary/aromatic N) is 2. The van der Waals surface area contributed by atoms with Crippen LogP contribution >= 0.6 is 0 Å². The predicted molar refractivity (Wildman–Crippen MR) is 126 cm³/mol. The zero-order valence-electron chi connectivity index (χ0n) is 18.9. The number of benzene rings is 3. The van der Waals surface area contributed by atoms with Crippen LogP contribution in [-0.2, 0) is 16.1 Å². The van der Waals surface area contributed by atoms with E-state index in [1.165, 1.54) is 53.4 Å². The normalized spacial score (nSPS) is 19.0. The minimum Gasteiger partial charge on any atom is -0.507 e. The van der Waals surface area contributed by atoms with Gasteiger partial charge in [0.25, 0.3) is 11.7 Å². The van der Waals surface area contributed by atoms with Crippen LogP contribution in [0.25, 0.3) is 5.76 Å². The van der Waals surface area contributed by atoms with Crippen LogP contribution in [0, 0.1) is 11.6 Å². The number of anilines is 1. The smallest absolute Gasteiger partial charge is 0.295 e. The van der Waals surface area contributed by atoms with Crippen molar-refractivity contribution in [1.82, 2.24) is 4.90 Å². The fourth-order valence-electron chi connectivity index (χ4n) is 4.47. The van der Waals surface area contributed by atoms with E-state index >= 15 is 0 Å². The van der Waals surface area contributed by atoms with Gasteiger partial charge in [-0.25, -0.2) is 8.78 Å². The first-order chi connectivity index (χ1) is 16.8. The van der Waals surface area contributed by atoms with E-state index in [1.54, 1.807) is 18.2 Å². The van der Waals surface area contributed by atoms with Gasteiger partial charge in [-0.2, -0.15) is 0 Å². The number of likely N-dealkylation sites (N-methyl/N-ethyl adjacent to an activating group) is 1. The number of ketones is 1. The lowest BCUT2D eigenvalue weighted by Gasteiger charge is -2.28. The van der Waals surface area contributed by atoms with Crippen LogP contribution < -0.4 is 9.64 Å². The van der Waals surface area contributed by atoms with Crippen molar-refractivity contribution in [3.05, 3.63) is 101 Å². The van der Waals surface area contributed by atoms with Gasteiger partial charge in [-0.05, 0) is 53.6 Å². The highest BCUT2D eigenvalue weighted by Crippen LogP contribution is 2.41. The van der Waals surface area contributed by atoms with Crippen molar-refractivity contribution in [2.45, 2.75) is 12.6 Å². The lowest BCUT2D eigenvalue weighted by atomic mass is 9.94. The molecular weight excluding hydrogens is 454 g/mol. The SMILES string of the molecule is CN1CCOc2ccc(/C(O)=C3/C(=O)C(=O)N(Cc4ccc(F)cc4)C3c3ccc(F)cc3)cc21. The summed E-state index contributed by atoms with van der Waals surface area (Å²) in [5.41, 5.74) is 2.08. The summed E-state index contributed by atoms with van der Waals surface area (Å²) in [6, 6.07) is 15.1. The Kier molecular flexibility index (Phi) is 5.72. The first-order valence-corrected chi connectivity index (χ1v) is 11.1. The number of hydrogen-bond acceptors (Lipinski definition) is 5. The Hall–Kier alpha value is -4.20. The predicted octanol–water partition coefficient (Wildman–Crippen LogP) is 4.42. The van der Waals surface area contributed by atoms with Gasteiger partial charge in [-0.15, -0.1) is 0 Å². The summed E-state index contributed by atoms with van der Waals surface area (Å²) in [6.07, 6.45) is 0. The second kappa shape index (κ2) is 8.87. The lowest BCUT2D eigenvalue weighted by molar-refractivity contribution is -0.140. The summed E-state index contributed by atoms with van der Waals surface area (Å²) < 4.78 is 32.7. The molecule has 0 aliphatic carbocycles. The molecule has 6 nitrogen and oxygen atoms in total. The van der Waals surface area contributed by atoms with Gasteiger partial charge < -0.3 is 19.6 Å². The average Bonchev–Trinajstić information content (AvgIpc) is 3.10.